The van der Waals surface area contributed by atoms with Crippen LogP contribution in [-0.4, -0.2) is 22.1 Å². The Hall–Kier alpha value is -1.88. The lowest BCUT2D eigenvalue weighted by molar-refractivity contribution is -0.138. The molecule has 0 heterocycles. The van der Waals surface area contributed by atoms with Crippen LogP contribution >= 0.6 is 0 Å². The third kappa shape index (κ3) is 3.70. The van der Waals surface area contributed by atoms with Crippen molar-refractivity contribution < 1.29 is 19.8 Å². The normalized spacial score (nSPS) is 9.81. The van der Waals surface area contributed by atoms with Crippen molar-refractivity contribution in [1.29, 1.82) is 0 Å². The zero-order valence-corrected chi connectivity index (χ0v) is 8.64. The van der Waals surface area contributed by atoms with Crippen LogP contribution in [0.5, 0.6) is 0 Å². The SMILES string of the molecule is O=C(O)CCC(=O)Nc1ccccc1CO. The minimum Gasteiger partial charge on any atom is -0.481 e. The monoisotopic (exact) mass is 223 g/mol. The van der Waals surface area contributed by atoms with Gasteiger partial charge in [0, 0.05) is 17.7 Å². The molecule has 0 aliphatic carbocycles. The van der Waals surface area contributed by atoms with Crippen LogP contribution in [0, 0.1) is 0 Å². The minimum absolute atomic E-state index is 0.0743. The predicted molar refractivity (Wildman–Crippen MR) is 57.9 cm³/mol. The Balaban J connectivity index is 2.58. The van der Waals surface area contributed by atoms with Crippen molar-refractivity contribution >= 4 is 17.6 Å². The molecule has 0 saturated carbocycles. The Kier molecular flexibility index (Phi) is 4.47. The molecule has 1 amide bonds. The number of rotatable bonds is 5. The number of amides is 1. The second-order valence-electron chi connectivity index (χ2n) is 3.26. The van der Waals surface area contributed by atoms with Gasteiger partial charge in [-0.1, -0.05) is 18.2 Å². The molecule has 0 atom stereocenters. The predicted octanol–water partition coefficient (Wildman–Crippen LogP) is 0.982. The van der Waals surface area contributed by atoms with Gasteiger partial charge >= 0.3 is 5.97 Å². The summed E-state index contributed by atoms with van der Waals surface area (Å²) >= 11 is 0. The fourth-order valence-electron chi connectivity index (χ4n) is 1.21. The maximum atomic E-state index is 11.3. The number of anilines is 1. The van der Waals surface area contributed by atoms with Crippen molar-refractivity contribution in [2.45, 2.75) is 19.4 Å². The van der Waals surface area contributed by atoms with Crippen LogP contribution in [0.3, 0.4) is 0 Å². The van der Waals surface area contributed by atoms with E-state index in [2.05, 4.69) is 5.32 Å². The van der Waals surface area contributed by atoms with Crippen molar-refractivity contribution in [3.05, 3.63) is 29.8 Å². The highest BCUT2D eigenvalue weighted by Gasteiger charge is 2.07. The molecule has 0 saturated heterocycles. The van der Waals surface area contributed by atoms with E-state index in [0.29, 0.717) is 11.3 Å². The molecular weight excluding hydrogens is 210 g/mol. The van der Waals surface area contributed by atoms with Crippen molar-refractivity contribution in [3.8, 4) is 0 Å². The Morgan fingerprint density at radius 1 is 1.19 bits per heavy atom. The van der Waals surface area contributed by atoms with Gasteiger partial charge in [0.25, 0.3) is 0 Å². The number of benzene rings is 1. The molecule has 16 heavy (non-hydrogen) atoms. The summed E-state index contributed by atoms with van der Waals surface area (Å²) in [5, 5.41) is 20.0. The summed E-state index contributed by atoms with van der Waals surface area (Å²) in [6.45, 7) is -0.171. The number of aliphatic hydroxyl groups is 1. The quantitative estimate of drug-likeness (QED) is 0.694. The first kappa shape index (κ1) is 12.2. The number of carboxylic acids is 1. The summed E-state index contributed by atoms with van der Waals surface area (Å²) < 4.78 is 0. The third-order valence-corrected chi connectivity index (χ3v) is 2.03. The average Bonchev–Trinajstić information content (AvgIpc) is 2.27. The fraction of sp³-hybridized carbons (Fsp3) is 0.273. The van der Waals surface area contributed by atoms with Gasteiger partial charge in [-0.15, -0.1) is 0 Å². The highest BCUT2D eigenvalue weighted by Crippen LogP contribution is 2.14. The van der Waals surface area contributed by atoms with Gasteiger partial charge < -0.3 is 15.5 Å². The Labute approximate surface area is 92.7 Å². The first-order valence-corrected chi connectivity index (χ1v) is 4.84. The van der Waals surface area contributed by atoms with E-state index in [1.807, 2.05) is 0 Å². The molecule has 0 unspecified atom stereocenters. The first-order chi connectivity index (χ1) is 7.63. The number of para-hydroxylation sites is 1. The molecule has 0 fully saturated rings. The molecular formula is C11H13NO4. The topological polar surface area (TPSA) is 86.6 Å². The molecule has 1 rings (SSSR count). The molecule has 86 valence electrons. The summed E-state index contributed by atoms with van der Waals surface area (Å²) in [4.78, 5) is 21.6. The van der Waals surface area contributed by atoms with E-state index in [-0.39, 0.29) is 25.4 Å². The zero-order chi connectivity index (χ0) is 12.0. The number of carbonyl (C=O) groups excluding carboxylic acids is 1. The molecule has 0 spiro atoms. The van der Waals surface area contributed by atoms with Crippen molar-refractivity contribution in [2.75, 3.05) is 5.32 Å². The number of carbonyl (C=O) groups is 2. The molecule has 3 N–H and O–H groups in total. The first-order valence-electron chi connectivity index (χ1n) is 4.84. The summed E-state index contributed by atoms with van der Waals surface area (Å²) in [5.74, 6) is -1.38. The largest absolute Gasteiger partial charge is 0.481 e. The van der Waals surface area contributed by atoms with E-state index in [4.69, 9.17) is 10.2 Å². The van der Waals surface area contributed by atoms with Crippen LogP contribution < -0.4 is 5.32 Å². The standard InChI is InChI=1S/C11H13NO4/c13-7-8-3-1-2-4-9(8)12-10(14)5-6-11(15)16/h1-4,13H,5-7H2,(H,12,14)(H,15,16). The average molecular weight is 223 g/mol. The lowest BCUT2D eigenvalue weighted by atomic mass is 10.2. The van der Waals surface area contributed by atoms with E-state index in [1.165, 1.54) is 0 Å². The maximum absolute atomic E-state index is 11.3. The summed E-state index contributed by atoms with van der Waals surface area (Å²) in [6.07, 6.45) is -0.276. The number of nitrogens with one attached hydrogen (secondary N) is 1. The smallest absolute Gasteiger partial charge is 0.303 e. The van der Waals surface area contributed by atoms with E-state index < -0.39 is 5.97 Å². The van der Waals surface area contributed by atoms with Gasteiger partial charge in [0.2, 0.25) is 5.91 Å². The molecule has 1 aromatic rings. The highest BCUT2D eigenvalue weighted by molar-refractivity contribution is 5.93. The summed E-state index contributed by atoms with van der Waals surface area (Å²) in [5.41, 5.74) is 1.12. The number of hydrogen-bond donors (Lipinski definition) is 3. The van der Waals surface area contributed by atoms with Crippen LogP contribution in [0.2, 0.25) is 0 Å². The second-order valence-corrected chi connectivity index (χ2v) is 3.26. The lowest BCUT2D eigenvalue weighted by Gasteiger charge is -2.08. The number of hydrogen-bond acceptors (Lipinski definition) is 3. The van der Waals surface area contributed by atoms with Gasteiger partial charge in [0.05, 0.1) is 13.0 Å². The molecule has 5 heteroatoms. The van der Waals surface area contributed by atoms with Crippen LogP contribution in [0.1, 0.15) is 18.4 Å². The van der Waals surface area contributed by atoms with Crippen LogP contribution in [0.15, 0.2) is 24.3 Å². The highest BCUT2D eigenvalue weighted by atomic mass is 16.4. The van der Waals surface area contributed by atoms with E-state index in [1.54, 1.807) is 24.3 Å². The second kappa shape index (κ2) is 5.87. The van der Waals surface area contributed by atoms with Gasteiger partial charge in [0.1, 0.15) is 0 Å². The Morgan fingerprint density at radius 3 is 2.50 bits per heavy atom. The molecule has 0 aliphatic rings. The maximum Gasteiger partial charge on any atom is 0.303 e. The van der Waals surface area contributed by atoms with Crippen molar-refractivity contribution in [1.82, 2.24) is 0 Å². The molecule has 0 bridgehead atoms. The molecule has 1 aromatic carbocycles. The Morgan fingerprint density at radius 2 is 1.88 bits per heavy atom. The zero-order valence-electron chi connectivity index (χ0n) is 8.64. The van der Waals surface area contributed by atoms with Gasteiger partial charge in [-0.3, -0.25) is 9.59 Å². The van der Waals surface area contributed by atoms with Crippen LogP contribution in [0.4, 0.5) is 5.69 Å². The third-order valence-electron chi connectivity index (χ3n) is 2.03. The summed E-state index contributed by atoms with van der Waals surface area (Å²) in [7, 11) is 0. The van der Waals surface area contributed by atoms with Crippen molar-refractivity contribution in [3.63, 3.8) is 0 Å². The van der Waals surface area contributed by atoms with E-state index >= 15 is 0 Å². The van der Waals surface area contributed by atoms with Gasteiger partial charge in [-0.2, -0.15) is 0 Å². The van der Waals surface area contributed by atoms with Crippen LogP contribution in [-0.2, 0) is 16.2 Å². The summed E-state index contributed by atoms with van der Waals surface area (Å²) in [6, 6.07) is 6.82. The van der Waals surface area contributed by atoms with Crippen molar-refractivity contribution in [2.24, 2.45) is 0 Å². The minimum atomic E-state index is -1.01. The fourth-order valence-corrected chi connectivity index (χ4v) is 1.21. The molecule has 0 aliphatic heterocycles. The molecule has 5 nitrogen and oxygen atoms in total. The van der Waals surface area contributed by atoms with Crippen LogP contribution in [0.25, 0.3) is 0 Å². The van der Waals surface area contributed by atoms with E-state index in [9.17, 15) is 9.59 Å². The molecule has 0 radical (unpaired) electrons. The number of aliphatic carboxylic acids is 1. The lowest BCUT2D eigenvalue weighted by Crippen LogP contribution is -2.14. The number of aliphatic hydroxyl groups excluding tert-OH is 1. The molecule has 0 aromatic heterocycles. The van der Waals surface area contributed by atoms with Gasteiger partial charge in [0.15, 0.2) is 0 Å². The van der Waals surface area contributed by atoms with E-state index in [0.717, 1.165) is 0 Å². The number of carboxylic acid groups (broad SMARTS) is 1. The Bertz CT molecular complexity index is 389. The van der Waals surface area contributed by atoms with Gasteiger partial charge in [-0.05, 0) is 6.07 Å². The van der Waals surface area contributed by atoms with Gasteiger partial charge in [-0.25, -0.2) is 0 Å².